The fraction of sp³-hybridized carbons (Fsp3) is 1.00. The summed E-state index contributed by atoms with van der Waals surface area (Å²) < 4.78 is 0. The number of hydrogen-bond acceptors (Lipinski definition) is 2. The third kappa shape index (κ3) is 2.04. The standard InChI is InChI=1S/C15H30N2/c1-6-17(5)10-9-16-13-11-12-7-8-15(13,4)14(12,2)3/h12-13,16H,6-11H2,1-5H3. The first-order valence-corrected chi connectivity index (χ1v) is 7.33. The van der Waals surface area contributed by atoms with Crippen molar-refractivity contribution in [1.29, 1.82) is 0 Å². The molecule has 3 atom stereocenters. The predicted octanol–water partition coefficient (Wildman–Crippen LogP) is 2.74. The minimum Gasteiger partial charge on any atom is -0.312 e. The fourth-order valence-electron chi connectivity index (χ4n) is 4.10. The van der Waals surface area contributed by atoms with Crippen LogP contribution in [0, 0.1) is 16.7 Å². The topological polar surface area (TPSA) is 15.3 Å². The lowest BCUT2D eigenvalue weighted by atomic mass is 9.69. The maximum atomic E-state index is 3.83. The Morgan fingerprint density at radius 3 is 2.47 bits per heavy atom. The molecule has 0 aromatic rings. The van der Waals surface area contributed by atoms with Crippen LogP contribution in [0.2, 0.25) is 0 Å². The molecule has 0 amide bonds. The molecule has 0 aromatic heterocycles. The molecule has 1 N–H and O–H groups in total. The van der Waals surface area contributed by atoms with Crippen LogP contribution in [0.25, 0.3) is 0 Å². The first kappa shape index (κ1) is 13.4. The minimum atomic E-state index is 0.530. The van der Waals surface area contributed by atoms with Crippen molar-refractivity contribution in [3.63, 3.8) is 0 Å². The largest absolute Gasteiger partial charge is 0.312 e. The van der Waals surface area contributed by atoms with Gasteiger partial charge in [-0.15, -0.1) is 0 Å². The second-order valence-electron chi connectivity index (χ2n) is 7.01. The van der Waals surface area contributed by atoms with E-state index in [1.165, 1.54) is 25.8 Å². The normalized spacial score (nSPS) is 39.2. The predicted molar refractivity (Wildman–Crippen MR) is 74.2 cm³/mol. The zero-order valence-electron chi connectivity index (χ0n) is 12.3. The van der Waals surface area contributed by atoms with Gasteiger partial charge in [-0.2, -0.15) is 0 Å². The molecule has 2 heteroatoms. The van der Waals surface area contributed by atoms with Gasteiger partial charge in [0.2, 0.25) is 0 Å². The molecule has 0 heterocycles. The van der Waals surface area contributed by atoms with E-state index in [0.29, 0.717) is 10.8 Å². The first-order valence-electron chi connectivity index (χ1n) is 7.33. The quantitative estimate of drug-likeness (QED) is 0.792. The lowest BCUT2D eigenvalue weighted by Crippen LogP contribution is -2.46. The average molecular weight is 238 g/mol. The van der Waals surface area contributed by atoms with Crippen molar-refractivity contribution < 1.29 is 0 Å². The highest BCUT2D eigenvalue weighted by atomic mass is 15.1. The van der Waals surface area contributed by atoms with Gasteiger partial charge in [-0.3, -0.25) is 0 Å². The van der Waals surface area contributed by atoms with Gasteiger partial charge in [-0.05, 0) is 49.6 Å². The zero-order valence-corrected chi connectivity index (χ0v) is 12.3. The van der Waals surface area contributed by atoms with Crippen molar-refractivity contribution >= 4 is 0 Å². The second-order valence-corrected chi connectivity index (χ2v) is 7.01. The van der Waals surface area contributed by atoms with E-state index in [9.17, 15) is 0 Å². The molecular weight excluding hydrogens is 208 g/mol. The van der Waals surface area contributed by atoms with Crippen LogP contribution >= 0.6 is 0 Å². The number of nitrogens with one attached hydrogen (secondary N) is 1. The van der Waals surface area contributed by atoms with E-state index < -0.39 is 0 Å². The number of rotatable bonds is 5. The summed E-state index contributed by atoms with van der Waals surface area (Å²) in [5.41, 5.74) is 1.07. The molecule has 2 rings (SSSR count). The summed E-state index contributed by atoms with van der Waals surface area (Å²) in [6.45, 7) is 13.2. The maximum absolute atomic E-state index is 3.83. The molecule has 2 aliphatic rings. The summed E-state index contributed by atoms with van der Waals surface area (Å²) in [5, 5.41) is 3.83. The van der Waals surface area contributed by atoms with Gasteiger partial charge in [0.05, 0.1) is 0 Å². The lowest BCUT2D eigenvalue weighted by molar-refractivity contribution is 0.120. The van der Waals surface area contributed by atoms with E-state index in [2.05, 4.69) is 45.0 Å². The molecule has 0 saturated heterocycles. The van der Waals surface area contributed by atoms with Gasteiger partial charge >= 0.3 is 0 Å². The Kier molecular flexibility index (Phi) is 3.57. The summed E-state index contributed by atoms with van der Waals surface area (Å²) in [7, 11) is 2.20. The summed E-state index contributed by atoms with van der Waals surface area (Å²) >= 11 is 0. The van der Waals surface area contributed by atoms with E-state index in [0.717, 1.165) is 25.0 Å². The fourth-order valence-corrected chi connectivity index (χ4v) is 4.10. The van der Waals surface area contributed by atoms with Crippen LogP contribution in [0.3, 0.4) is 0 Å². The van der Waals surface area contributed by atoms with Crippen LogP contribution in [0.4, 0.5) is 0 Å². The van der Waals surface area contributed by atoms with E-state index >= 15 is 0 Å². The third-order valence-electron chi connectivity index (χ3n) is 6.22. The van der Waals surface area contributed by atoms with Crippen LogP contribution in [-0.2, 0) is 0 Å². The Morgan fingerprint density at radius 2 is 2.00 bits per heavy atom. The van der Waals surface area contributed by atoms with Crippen LogP contribution < -0.4 is 5.32 Å². The van der Waals surface area contributed by atoms with Gasteiger partial charge < -0.3 is 10.2 Å². The molecule has 0 spiro atoms. The van der Waals surface area contributed by atoms with Crippen LogP contribution in [0.5, 0.6) is 0 Å². The molecule has 0 radical (unpaired) electrons. The molecule has 2 fully saturated rings. The molecule has 3 unspecified atom stereocenters. The van der Waals surface area contributed by atoms with Gasteiger partial charge in [0.25, 0.3) is 0 Å². The van der Waals surface area contributed by atoms with Crippen molar-refractivity contribution in [2.75, 3.05) is 26.7 Å². The highest BCUT2D eigenvalue weighted by molar-refractivity contribution is 5.12. The van der Waals surface area contributed by atoms with Crippen molar-refractivity contribution in [3.8, 4) is 0 Å². The van der Waals surface area contributed by atoms with Crippen molar-refractivity contribution in [1.82, 2.24) is 10.2 Å². The highest BCUT2D eigenvalue weighted by Gasteiger charge is 2.60. The van der Waals surface area contributed by atoms with E-state index in [4.69, 9.17) is 0 Å². The van der Waals surface area contributed by atoms with Gasteiger partial charge in [0, 0.05) is 19.1 Å². The average Bonchev–Trinajstić information content (AvgIpc) is 2.61. The summed E-state index contributed by atoms with van der Waals surface area (Å²) in [6.07, 6.45) is 4.28. The van der Waals surface area contributed by atoms with Crippen LogP contribution in [-0.4, -0.2) is 37.6 Å². The van der Waals surface area contributed by atoms with Gasteiger partial charge in [0.15, 0.2) is 0 Å². The Balaban J connectivity index is 1.88. The highest BCUT2D eigenvalue weighted by Crippen LogP contribution is 2.65. The Bertz CT molecular complexity index is 274. The first-order chi connectivity index (χ1) is 7.91. The van der Waals surface area contributed by atoms with Crippen LogP contribution in [0.1, 0.15) is 47.0 Å². The Morgan fingerprint density at radius 1 is 1.29 bits per heavy atom. The second kappa shape index (κ2) is 4.55. The number of fused-ring (bicyclic) bond motifs is 2. The van der Waals surface area contributed by atoms with Crippen molar-refractivity contribution in [3.05, 3.63) is 0 Å². The van der Waals surface area contributed by atoms with Crippen molar-refractivity contribution in [2.45, 2.75) is 53.0 Å². The molecule has 2 bridgehead atoms. The molecule has 2 aliphatic carbocycles. The Hall–Kier alpha value is -0.0800. The monoisotopic (exact) mass is 238 g/mol. The number of nitrogens with zero attached hydrogens (tertiary/aromatic N) is 1. The third-order valence-corrected chi connectivity index (χ3v) is 6.22. The minimum absolute atomic E-state index is 0.530. The molecule has 2 nitrogen and oxygen atoms in total. The van der Waals surface area contributed by atoms with E-state index in [1.54, 1.807) is 0 Å². The van der Waals surface area contributed by atoms with Gasteiger partial charge in [0.1, 0.15) is 0 Å². The van der Waals surface area contributed by atoms with Crippen molar-refractivity contribution in [2.24, 2.45) is 16.7 Å². The van der Waals surface area contributed by atoms with E-state index in [-0.39, 0.29) is 0 Å². The molecule has 2 saturated carbocycles. The zero-order chi connectivity index (χ0) is 12.7. The molecule has 0 aliphatic heterocycles. The Labute approximate surface area is 107 Å². The summed E-state index contributed by atoms with van der Waals surface area (Å²) in [5.74, 6) is 0.953. The molecule has 100 valence electrons. The SMILES string of the molecule is CCN(C)CCNC1CC2CCC1(C)C2(C)C. The summed E-state index contributed by atoms with van der Waals surface area (Å²) in [6, 6.07) is 0.751. The van der Waals surface area contributed by atoms with Gasteiger partial charge in [-0.25, -0.2) is 0 Å². The van der Waals surface area contributed by atoms with Gasteiger partial charge in [-0.1, -0.05) is 27.7 Å². The number of likely N-dealkylation sites (N-methyl/N-ethyl adjacent to an activating group) is 1. The molecule has 0 aromatic carbocycles. The molecule has 17 heavy (non-hydrogen) atoms. The van der Waals surface area contributed by atoms with E-state index in [1.807, 2.05) is 0 Å². The maximum Gasteiger partial charge on any atom is 0.0129 e. The smallest absolute Gasteiger partial charge is 0.0129 e. The van der Waals surface area contributed by atoms with Crippen LogP contribution in [0.15, 0.2) is 0 Å². The number of hydrogen-bond donors (Lipinski definition) is 1. The summed E-state index contributed by atoms with van der Waals surface area (Å²) in [4.78, 5) is 2.38. The molecular formula is C15H30N2. The lowest BCUT2D eigenvalue weighted by Gasteiger charge is -2.39.